The molecule has 0 spiro atoms. The van der Waals surface area contributed by atoms with E-state index in [9.17, 15) is 14.0 Å². The second-order valence-electron chi connectivity index (χ2n) is 7.78. The molecule has 31 heavy (non-hydrogen) atoms. The number of hydrogen-bond acceptors (Lipinski definition) is 5. The highest BCUT2D eigenvalue weighted by atomic mass is 19.1. The van der Waals surface area contributed by atoms with Crippen molar-refractivity contribution in [1.29, 1.82) is 0 Å². The Morgan fingerprint density at radius 1 is 1.13 bits per heavy atom. The predicted octanol–water partition coefficient (Wildman–Crippen LogP) is 3.19. The molecule has 0 saturated carbocycles. The molecule has 160 valence electrons. The van der Waals surface area contributed by atoms with Crippen molar-refractivity contribution in [2.45, 2.75) is 33.2 Å². The summed E-state index contributed by atoms with van der Waals surface area (Å²) in [4.78, 5) is 35.0. The summed E-state index contributed by atoms with van der Waals surface area (Å²) in [6, 6.07) is 8.17. The monoisotopic (exact) mass is 422 g/mol. The normalized spacial score (nSPS) is 15.5. The van der Waals surface area contributed by atoms with Gasteiger partial charge in [-0.1, -0.05) is 6.92 Å². The van der Waals surface area contributed by atoms with Crippen LogP contribution in [-0.2, 0) is 16.1 Å². The Labute approximate surface area is 179 Å². The minimum Gasteiger partial charge on any atom is -0.311 e. The van der Waals surface area contributed by atoms with Gasteiger partial charge in [-0.3, -0.25) is 19.5 Å². The standard InChI is InChI=1S/C22H23FN6O2/c1-14-12-28(21-9-15(2)27-29(21)13-14)22(31)8-7-20(30)26-19-6-3-16(10-25-19)18-5-4-17(23)11-24-18/h3-6,9-11,14H,7-8,12-13H2,1-2H3,(H,25,26,30). The minimum atomic E-state index is -0.409. The van der Waals surface area contributed by atoms with Crippen LogP contribution >= 0.6 is 0 Å². The van der Waals surface area contributed by atoms with Crippen molar-refractivity contribution in [3.63, 3.8) is 0 Å². The van der Waals surface area contributed by atoms with E-state index in [0.29, 0.717) is 29.5 Å². The van der Waals surface area contributed by atoms with Crippen LogP contribution in [0.3, 0.4) is 0 Å². The summed E-state index contributed by atoms with van der Waals surface area (Å²) in [5.41, 5.74) is 2.16. The van der Waals surface area contributed by atoms with Crippen molar-refractivity contribution in [2.24, 2.45) is 5.92 Å². The number of aryl methyl sites for hydroxylation is 1. The van der Waals surface area contributed by atoms with E-state index in [4.69, 9.17) is 0 Å². The maximum atomic E-state index is 13.0. The first kappa shape index (κ1) is 20.6. The molecule has 4 heterocycles. The lowest BCUT2D eigenvalue weighted by molar-refractivity contribution is -0.122. The smallest absolute Gasteiger partial charge is 0.228 e. The Morgan fingerprint density at radius 3 is 2.68 bits per heavy atom. The molecule has 1 unspecified atom stereocenters. The molecule has 9 heteroatoms. The van der Waals surface area contributed by atoms with Crippen molar-refractivity contribution < 1.29 is 14.0 Å². The molecule has 1 aliphatic heterocycles. The maximum Gasteiger partial charge on any atom is 0.228 e. The molecule has 2 amide bonds. The lowest BCUT2D eigenvalue weighted by Crippen LogP contribution is -2.41. The third-order valence-electron chi connectivity index (χ3n) is 5.06. The molecule has 3 aromatic rings. The molecule has 0 saturated heterocycles. The molecule has 1 N–H and O–H groups in total. The van der Waals surface area contributed by atoms with E-state index in [-0.39, 0.29) is 24.7 Å². The number of halogens is 1. The van der Waals surface area contributed by atoms with E-state index in [1.807, 2.05) is 17.7 Å². The summed E-state index contributed by atoms with van der Waals surface area (Å²) in [5, 5.41) is 7.13. The van der Waals surface area contributed by atoms with Crippen LogP contribution in [0.15, 0.2) is 42.7 Å². The molecule has 8 nitrogen and oxygen atoms in total. The molecule has 3 aromatic heterocycles. The SMILES string of the molecule is Cc1cc2n(n1)CC(C)CN2C(=O)CCC(=O)Nc1ccc(-c2ccc(F)cn2)cn1. The van der Waals surface area contributed by atoms with Crippen molar-refractivity contribution in [2.75, 3.05) is 16.8 Å². The van der Waals surface area contributed by atoms with Crippen LogP contribution in [0.5, 0.6) is 0 Å². The number of carbonyl (C=O) groups is 2. The third-order valence-corrected chi connectivity index (χ3v) is 5.06. The summed E-state index contributed by atoms with van der Waals surface area (Å²) in [6.07, 6.45) is 2.85. The average molecular weight is 422 g/mol. The maximum absolute atomic E-state index is 13.0. The van der Waals surface area contributed by atoms with E-state index in [1.165, 1.54) is 6.07 Å². The number of nitrogens with one attached hydrogen (secondary N) is 1. The number of fused-ring (bicyclic) bond motifs is 1. The van der Waals surface area contributed by atoms with Gasteiger partial charge < -0.3 is 5.32 Å². The van der Waals surface area contributed by atoms with Gasteiger partial charge in [-0.2, -0.15) is 5.10 Å². The summed E-state index contributed by atoms with van der Waals surface area (Å²) in [5.74, 6) is 0.657. The highest BCUT2D eigenvalue weighted by Gasteiger charge is 2.27. The first-order valence-electron chi connectivity index (χ1n) is 10.1. The summed E-state index contributed by atoms with van der Waals surface area (Å²) >= 11 is 0. The van der Waals surface area contributed by atoms with Crippen LogP contribution in [-0.4, -0.2) is 38.1 Å². The van der Waals surface area contributed by atoms with E-state index >= 15 is 0 Å². The Bertz CT molecular complexity index is 1090. The van der Waals surface area contributed by atoms with Gasteiger partial charge >= 0.3 is 0 Å². The Kier molecular flexibility index (Phi) is 5.75. The third kappa shape index (κ3) is 4.76. The quantitative estimate of drug-likeness (QED) is 0.682. The topological polar surface area (TPSA) is 93.0 Å². The summed E-state index contributed by atoms with van der Waals surface area (Å²) in [6.45, 7) is 5.37. The first-order valence-corrected chi connectivity index (χ1v) is 10.1. The van der Waals surface area contributed by atoms with Crippen molar-refractivity contribution >= 4 is 23.5 Å². The second-order valence-corrected chi connectivity index (χ2v) is 7.78. The van der Waals surface area contributed by atoms with Crippen LogP contribution in [0.4, 0.5) is 16.0 Å². The van der Waals surface area contributed by atoms with Gasteiger partial charge in [-0.05, 0) is 37.1 Å². The number of hydrogen-bond donors (Lipinski definition) is 1. The molecular weight excluding hydrogens is 399 g/mol. The van der Waals surface area contributed by atoms with Crippen LogP contribution in [0.2, 0.25) is 0 Å². The average Bonchev–Trinajstić information content (AvgIpc) is 3.12. The molecule has 0 fully saturated rings. The number of nitrogens with zero attached hydrogens (tertiary/aromatic N) is 5. The largest absolute Gasteiger partial charge is 0.311 e. The van der Waals surface area contributed by atoms with Crippen molar-refractivity contribution in [1.82, 2.24) is 19.7 Å². The van der Waals surface area contributed by atoms with Gasteiger partial charge in [0.05, 0.1) is 17.6 Å². The first-order chi connectivity index (χ1) is 14.9. The molecule has 1 aliphatic rings. The summed E-state index contributed by atoms with van der Waals surface area (Å²) in [7, 11) is 0. The van der Waals surface area contributed by atoms with Crippen LogP contribution in [0, 0.1) is 18.7 Å². The lowest BCUT2D eigenvalue weighted by Gasteiger charge is -2.31. The van der Waals surface area contributed by atoms with Gasteiger partial charge in [0.25, 0.3) is 0 Å². The highest BCUT2D eigenvalue weighted by molar-refractivity contribution is 5.97. The summed E-state index contributed by atoms with van der Waals surface area (Å²) < 4.78 is 14.8. The number of rotatable bonds is 5. The lowest BCUT2D eigenvalue weighted by atomic mass is 10.1. The van der Waals surface area contributed by atoms with Gasteiger partial charge in [0.2, 0.25) is 11.8 Å². The fourth-order valence-corrected chi connectivity index (χ4v) is 3.60. The zero-order valence-electron chi connectivity index (χ0n) is 17.4. The van der Waals surface area contributed by atoms with E-state index in [0.717, 1.165) is 24.3 Å². The number of amides is 2. The van der Waals surface area contributed by atoms with Gasteiger partial charge in [0, 0.05) is 43.8 Å². The molecular formula is C22H23FN6O2. The van der Waals surface area contributed by atoms with E-state index < -0.39 is 5.82 Å². The number of anilines is 2. The predicted molar refractivity (Wildman–Crippen MR) is 114 cm³/mol. The second kappa shape index (κ2) is 8.63. The number of carbonyl (C=O) groups excluding carboxylic acids is 2. The van der Waals surface area contributed by atoms with E-state index in [1.54, 1.807) is 29.3 Å². The van der Waals surface area contributed by atoms with Gasteiger partial charge in [-0.15, -0.1) is 0 Å². The molecule has 0 bridgehead atoms. The fourth-order valence-electron chi connectivity index (χ4n) is 3.60. The Hall–Kier alpha value is -3.62. The molecule has 4 rings (SSSR count). The van der Waals surface area contributed by atoms with Crippen LogP contribution < -0.4 is 10.2 Å². The van der Waals surface area contributed by atoms with Crippen molar-refractivity contribution in [3.8, 4) is 11.3 Å². The molecule has 1 atom stereocenters. The zero-order valence-corrected chi connectivity index (χ0v) is 17.4. The highest BCUT2D eigenvalue weighted by Crippen LogP contribution is 2.25. The minimum absolute atomic E-state index is 0.0553. The van der Waals surface area contributed by atoms with Crippen LogP contribution in [0.1, 0.15) is 25.5 Å². The number of aromatic nitrogens is 4. The molecule has 0 radical (unpaired) electrons. The van der Waals surface area contributed by atoms with E-state index in [2.05, 4.69) is 27.3 Å². The van der Waals surface area contributed by atoms with Gasteiger partial charge in [-0.25, -0.2) is 14.1 Å². The van der Waals surface area contributed by atoms with Gasteiger partial charge in [0.1, 0.15) is 17.5 Å². The zero-order chi connectivity index (χ0) is 22.0. The van der Waals surface area contributed by atoms with Gasteiger partial charge in [0.15, 0.2) is 0 Å². The van der Waals surface area contributed by atoms with Crippen molar-refractivity contribution in [3.05, 3.63) is 54.2 Å². The number of pyridine rings is 2. The van der Waals surface area contributed by atoms with Crippen LogP contribution in [0.25, 0.3) is 11.3 Å². The fraction of sp³-hybridized carbons (Fsp3) is 0.318. The molecule has 0 aromatic carbocycles. The Balaban J connectivity index is 1.33. The molecule has 0 aliphatic carbocycles. The Morgan fingerprint density at radius 2 is 1.97 bits per heavy atom.